The summed E-state index contributed by atoms with van der Waals surface area (Å²) in [6.07, 6.45) is 1.33. The first-order chi connectivity index (χ1) is 8.80. The van der Waals surface area contributed by atoms with Crippen LogP contribution in [0.25, 0.3) is 10.9 Å². The van der Waals surface area contributed by atoms with E-state index in [-0.39, 0.29) is 5.41 Å². The molecule has 1 heterocycles. The third kappa shape index (κ3) is 2.71. The number of fused-ring (bicyclic) bond motifs is 1. The second-order valence-electron chi connectivity index (χ2n) is 6.09. The molecule has 0 spiro atoms. The van der Waals surface area contributed by atoms with Gasteiger partial charge in [-0.05, 0) is 30.4 Å². The van der Waals surface area contributed by atoms with Gasteiger partial charge in [0.1, 0.15) is 6.23 Å². The molecule has 3 nitrogen and oxygen atoms in total. The summed E-state index contributed by atoms with van der Waals surface area (Å²) in [6.45, 7) is 10.2. The molecule has 2 aromatic rings. The van der Waals surface area contributed by atoms with Crippen LogP contribution in [0.5, 0.6) is 0 Å². The van der Waals surface area contributed by atoms with Crippen molar-refractivity contribution in [2.45, 2.75) is 46.3 Å². The fraction of sp³-hybridized carbons (Fsp3) is 0.438. The summed E-state index contributed by atoms with van der Waals surface area (Å²) >= 11 is 0. The van der Waals surface area contributed by atoms with Crippen LogP contribution in [0.2, 0.25) is 0 Å². The summed E-state index contributed by atoms with van der Waals surface area (Å²) in [6, 6.07) is 6.13. The van der Waals surface area contributed by atoms with E-state index in [1.165, 1.54) is 0 Å². The monoisotopic (exact) mass is 258 g/mol. The zero-order valence-corrected chi connectivity index (χ0v) is 12.3. The molecule has 1 aromatic heterocycles. The van der Waals surface area contributed by atoms with Crippen molar-refractivity contribution in [2.75, 3.05) is 5.32 Å². The number of aryl methyl sites for hydroxylation is 1. The molecular formula is C16H22N2O. The molecule has 0 amide bonds. The molecule has 102 valence electrons. The fourth-order valence-corrected chi connectivity index (χ4v) is 2.30. The van der Waals surface area contributed by atoms with Gasteiger partial charge in [0, 0.05) is 11.6 Å². The van der Waals surface area contributed by atoms with Crippen LogP contribution in [-0.2, 0) is 5.41 Å². The maximum absolute atomic E-state index is 9.69. The molecule has 0 aliphatic rings. The summed E-state index contributed by atoms with van der Waals surface area (Å²) in [5.74, 6) is 0. The van der Waals surface area contributed by atoms with Gasteiger partial charge in [0.25, 0.3) is 0 Å². The van der Waals surface area contributed by atoms with Crippen LogP contribution in [0.15, 0.2) is 24.4 Å². The molecule has 0 bridgehead atoms. The van der Waals surface area contributed by atoms with Crippen molar-refractivity contribution in [2.24, 2.45) is 0 Å². The summed E-state index contributed by atoms with van der Waals surface area (Å²) in [5.41, 5.74) is 4.20. The lowest BCUT2D eigenvalue weighted by atomic mass is 9.85. The molecule has 1 aromatic carbocycles. The minimum atomic E-state index is -0.591. The zero-order chi connectivity index (χ0) is 14.2. The lowest BCUT2D eigenvalue weighted by molar-refractivity contribution is 0.224. The normalized spacial score (nSPS) is 13.6. The Morgan fingerprint density at radius 2 is 1.95 bits per heavy atom. The first-order valence-electron chi connectivity index (χ1n) is 6.64. The fourth-order valence-electron chi connectivity index (χ4n) is 2.30. The van der Waals surface area contributed by atoms with E-state index in [0.29, 0.717) is 0 Å². The number of pyridine rings is 1. The first kappa shape index (κ1) is 13.8. The molecule has 0 radical (unpaired) electrons. The standard InChI is InChI=1S/C16H22N2O/c1-10-7-6-8-12-14(10)17-9-13(16(3,4)5)15(12)18-11(2)19/h6-9,11,19H,1-5H3,(H,17,18). The average Bonchev–Trinajstić information content (AvgIpc) is 2.28. The van der Waals surface area contributed by atoms with Gasteiger partial charge in [-0.3, -0.25) is 4.98 Å². The van der Waals surface area contributed by atoms with E-state index in [4.69, 9.17) is 0 Å². The van der Waals surface area contributed by atoms with Crippen molar-refractivity contribution in [3.8, 4) is 0 Å². The van der Waals surface area contributed by atoms with Crippen LogP contribution < -0.4 is 5.32 Å². The minimum absolute atomic E-state index is 0.0256. The number of aliphatic hydroxyl groups is 1. The van der Waals surface area contributed by atoms with Crippen molar-refractivity contribution in [1.29, 1.82) is 0 Å². The number of rotatable bonds is 2. The van der Waals surface area contributed by atoms with Crippen molar-refractivity contribution >= 4 is 16.6 Å². The highest BCUT2D eigenvalue weighted by atomic mass is 16.3. The maximum Gasteiger partial charge on any atom is 0.121 e. The average molecular weight is 258 g/mol. The predicted molar refractivity (Wildman–Crippen MR) is 80.5 cm³/mol. The Labute approximate surface area is 114 Å². The third-order valence-corrected chi connectivity index (χ3v) is 3.26. The molecule has 0 saturated heterocycles. The highest BCUT2D eigenvalue weighted by Gasteiger charge is 2.21. The highest BCUT2D eigenvalue weighted by Crippen LogP contribution is 2.35. The van der Waals surface area contributed by atoms with Gasteiger partial charge in [-0.15, -0.1) is 0 Å². The second-order valence-corrected chi connectivity index (χ2v) is 6.09. The van der Waals surface area contributed by atoms with Crippen LogP contribution >= 0.6 is 0 Å². The van der Waals surface area contributed by atoms with Crippen molar-refractivity contribution in [3.63, 3.8) is 0 Å². The molecule has 0 fully saturated rings. The van der Waals surface area contributed by atoms with Crippen LogP contribution in [0, 0.1) is 6.92 Å². The van der Waals surface area contributed by atoms with Gasteiger partial charge < -0.3 is 10.4 Å². The molecule has 1 unspecified atom stereocenters. The molecule has 0 aliphatic carbocycles. The third-order valence-electron chi connectivity index (χ3n) is 3.26. The number of aliphatic hydroxyl groups excluding tert-OH is 1. The number of hydrogen-bond acceptors (Lipinski definition) is 3. The number of hydrogen-bond donors (Lipinski definition) is 2. The Kier molecular flexibility index (Phi) is 3.50. The van der Waals surface area contributed by atoms with Crippen LogP contribution in [0.3, 0.4) is 0 Å². The van der Waals surface area contributed by atoms with Crippen molar-refractivity contribution in [3.05, 3.63) is 35.5 Å². The van der Waals surface area contributed by atoms with Crippen molar-refractivity contribution < 1.29 is 5.11 Å². The summed E-state index contributed by atoms with van der Waals surface area (Å²) in [7, 11) is 0. The minimum Gasteiger partial charge on any atom is -0.374 e. The molecule has 19 heavy (non-hydrogen) atoms. The van der Waals surface area contributed by atoms with E-state index in [9.17, 15) is 5.11 Å². The van der Waals surface area contributed by atoms with Gasteiger partial charge in [-0.25, -0.2) is 0 Å². The molecule has 1 atom stereocenters. The van der Waals surface area contributed by atoms with Crippen LogP contribution in [0.4, 0.5) is 5.69 Å². The molecule has 3 heteroatoms. The van der Waals surface area contributed by atoms with Gasteiger partial charge >= 0.3 is 0 Å². The van der Waals surface area contributed by atoms with Gasteiger partial charge in [0.15, 0.2) is 0 Å². The number of benzene rings is 1. The Balaban J connectivity index is 2.77. The largest absolute Gasteiger partial charge is 0.374 e. The molecule has 0 aliphatic heterocycles. The molecule has 2 rings (SSSR count). The summed E-state index contributed by atoms with van der Waals surface area (Å²) < 4.78 is 0. The number of anilines is 1. The lowest BCUT2D eigenvalue weighted by Crippen LogP contribution is -2.20. The number of nitrogens with zero attached hydrogens (tertiary/aromatic N) is 1. The summed E-state index contributed by atoms with van der Waals surface area (Å²) in [5, 5.41) is 13.9. The van der Waals surface area contributed by atoms with Crippen molar-refractivity contribution in [1.82, 2.24) is 4.98 Å². The topological polar surface area (TPSA) is 45.1 Å². The quantitative estimate of drug-likeness (QED) is 0.809. The lowest BCUT2D eigenvalue weighted by Gasteiger charge is -2.25. The van der Waals surface area contributed by atoms with Gasteiger partial charge in [0.2, 0.25) is 0 Å². The SMILES string of the molecule is Cc1cccc2c(NC(C)O)c(C(C)(C)C)cnc12. The van der Waals surface area contributed by atoms with Crippen LogP contribution in [0.1, 0.15) is 38.8 Å². The Morgan fingerprint density at radius 1 is 1.26 bits per heavy atom. The number of nitrogens with one attached hydrogen (secondary N) is 1. The Bertz CT molecular complexity index is 597. The van der Waals surface area contributed by atoms with Gasteiger partial charge in [0.05, 0.1) is 11.2 Å². The highest BCUT2D eigenvalue weighted by molar-refractivity contribution is 5.95. The van der Waals surface area contributed by atoms with E-state index >= 15 is 0 Å². The molecular weight excluding hydrogens is 236 g/mol. The maximum atomic E-state index is 9.69. The molecule has 0 saturated carbocycles. The predicted octanol–water partition coefficient (Wildman–Crippen LogP) is 3.59. The number of para-hydroxylation sites is 1. The van der Waals surface area contributed by atoms with E-state index in [0.717, 1.165) is 27.7 Å². The molecule has 2 N–H and O–H groups in total. The van der Waals surface area contributed by atoms with E-state index in [1.807, 2.05) is 12.3 Å². The smallest absolute Gasteiger partial charge is 0.121 e. The summed E-state index contributed by atoms with van der Waals surface area (Å²) in [4.78, 5) is 4.59. The second kappa shape index (κ2) is 4.82. The van der Waals surface area contributed by atoms with Gasteiger partial charge in [-0.2, -0.15) is 0 Å². The first-order valence-corrected chi connectivity index (χ1v) is 6.64. The Hall–Kier alpha value is -1.61. The van der Waals surface area contributed by atoms with Gasteiger partial charge in [-0.1, -0.05) is 39.0 Å². The zero-order valence-electron chi connectivity index (χ0n) is 12.3. The van der Waals surface area contributed by atoms with E-state index in [1.54, 1.807) is 6.92 Å². The van der Waals surface area contributed by atoms with Crippen LogP contribution in [-0.4, -0.2) is 16.3 Å². The Morgan fingerprint density at radius 3 is 2.53 bits per heavy atom. The van der Waals surface area contributed by atoms with E-state index < -0.39 is 6.23 Å². The number of aromatic nitrogens is 1. The van der Waals surface area contributed by atoms with E-state index in [2.05, 4.69) is 50.1 Å².